The molecule has 0 spiro atoms. The Morgan fingerprint density at radius 2 is 1.73 bits per heavy atom. The average molecular weight is 487 g/mol. The third-order valence-corrected chi connectivity index (χ3v) is 6.36. The number of nitrogens with one attached hydrogen (secondary N) is 1. The Balaban J connectivity index is 1.52. The highest BCUT2D eigenvalue weighted by Crippen LogP contribution is 2.31. The fourth-order valence-electron chi connectivity index (χ4n) is 3.22. The minimum absolute atomic E-state index is 0.223. The molecule has 2 aromatic carbocycles. The van der Waals surface area contributed by atoms with Crippen molar-refractivity contribution in [2.75, 3.05) is 6.61 Å². The lowest BCUT2D eigenvalue weighted by molar-refractivity contribution is -0.123. The van der Waals surface area contributed by atoms with Gasteiger partial charge in [-0.25, -0.2) is 4.39 Å². The number of hydrogen-bond acceptors (Lipinski definition) is 5. The van der Waals surface area contributed by atoms with Crippen LogP contribution in [0.5, 0.6) is 5.75 Å². The van der Waals surface area contributed by atoms with Crippen LogP contribution in [0.3, 0.4) is 0 Å². The van der Waals surface area contributed by atoms with Gasteiger partial charge in [-0.3, -0.25) is 15.0 Å². The molecule has 33 heavy (non-hydrogen) atoms. The maximum absolute atomic E-state index is 13.1. The predicted octanol–water partition coefficient (Wildman–Crippen LogP) is 6.11. The third kappa shape index (κ3) is 7.40. The number of carbonyl (C=O) groups excluding carboxylic acids is 2. The van der Waals surface area contributed by atoms with Gasteiger partial charge in [0.05, 0.1) is 11.5 Å². The van der Waals surface area contributed by atoms with Crippen LogP contribution in [0.15, 0.2) is 53.4 Å². The molecule has 0 bridgehead atoms. The van der Waals surface area contributed by atoms with Crippen LogP contribution in [0, 0.1) is 5.82 Å². The van der Waals surface area contributed by atoms with Gasteiger partial charge in [-0.2, -0.15) is 5.01 Å². The van der Waals surface area contributed by atoms with E-state index in [1.165, 1.54) is 56.4 Å². The Morgan fingerprint density at radius 3 is 2.42 bits per heavy atom. The van der Waals surface area contributed by atoms with E-state index >= 15 is 0 Å². The molecule has 0 aromatic heterocycles. The van der Waals surface area contributed by atoms with Crippen molar-refractivity contribution >= 4 is 46.2 Å². The largest absolute Gasteiger partial charge is 0.494 e. The van der Waals surface area contributed by atoms with Gasteiger partial charge in [0.25, 0.3) is 11.8 Å². The smallest absolute Gasteiger partial charge is 0.285 e. The number of unbranched alkanes of at least 4 members (excludes halogenated alkanes) is 5. The summed E-state index contributed by atoms with van der Waals surface area (Å²) >= 11 is 6.35. The summed E-state index contributed by atoms with van der Waals surface area (Å²) < 4.78 is 19.1. The van der Waals surface area contributed by atoms with Crippen LogP contribution < -0.4 is 10.2 Å². The highest BCUT2D eigenvalue weighted by molar-refractivity contribution is 8.26. The van der Waals surface area contributed by atoms with Crippen molar-refractivity contribution in [3.63, 3.8) is 0 Å². The minimum atomic E-state index is -0.542. The molecule has 1 fully saturated rings. The predicted molar refractivity (Wildman–Crippen MR) is 134 cm³/mol. The molecule has 2 amide bonds. The number of benzene rings is 2. The summed E-state index contributed by atoms with van der Waals surface area (Å²) in [5.41, 5.74) is 3.54. The highest BCUT2D eigenvalue weighted by atomic mass is 32.2. The number of ether oxygens (including phenoxy) is 1. The number of thiocarbonyl (C=S) groups is 1. The molecule has 0 atom stereocenters. The molecule has 174 valence electrons. The lowest BCUT2D eigenvalue weighted by Crippen LogP contribution is -2.44. The number of hydrogen-bond donors (Lipinski definition) is 1. The molecule has 1 aliphatic heterocycles. The van der Waals surface area contributed by atoms with Crippen molar-refractivity contribution in [1.82, 2.24) is 10.4 Å². The van der Waals surface area contributed by atoms with Gasteiger partial charge in [0.2, 0.25) is 0 Å². The lowest BCUT2D eigenvalue weighted by atomic mass is 10.1. The number of hydrazine groups is 1. The van der Waals surface area contributed by atoms with Gasteiger partial charge in [0.1, 0.15) is 11.6 Å². The van der Waals surface area contributed by atoms with Crippen LogP contribution in [-0.2, 0) is 4.79 Å². The van der Waals surface area contributed by atoms with E-state index in [0.717, 1.165) is 34.5 Å². The molecule has 0 saturated carbocycles. The molecule has 1 heterocycles. The van der Waals surface area contributed by atoms with Crippen LogP contribution in [0.1, 0.15) is 61.4 Å². The van der Waals surface area contributed by atoms with E-state index < -0.39 is 17.6 Å². The summed E-state index contributed by atoms with van der Waals surface area (Å²) in [6.45, 7) is 2.90. The van der Waals surface area contributed by atoms with Crippen LogP contribution >= 0.6 is 24.0 Å². The first-order valence-corrected chi connectivity index (χ1v) is 12.3. The second kappa shape index (κ2) is 12.5. The summed E-state index contributed by atoms with van der Waals surface area (Å²) in [6, 6.07) is 12.5. The van der Waals surface area contributed by atoms with Gasteiger partial charge in [-0.1, -0.05) is 62.9 Å². The van der Waals surface area contributed by atoms with E-state index in [1.54, 1.807) is 6.08 Å². The maximum Gasteiger partial charge on any atom is 0.285 e. The molecular formula is C25H27FN2O3S2. The molecule has 2 aromatic rings. The number of halogens is 1. The third-order valence-electron chi connectivity index (χ3n) is 5.06. The summed E-state index contributed by atoms with van der Waals surface area (Å²) in [6.07, 6.45) is 9.02. The van der Waals surface area contributed by atoms with Crippen molar-refractivity contribution in [2.45, 2.75) is 45.4 Å². The Kier molecular flexibility index (Phi) is 9.45. The SMILES string of the molecule is CCCCCCCCOc1ccc(C=C2SC(=S)N(NC(=O)c3ccc(F)cc3)C2=O)cc1. The zero-order chi connectivity index (χ0) is 23.6. The normalized spacial score (nSPS) is 14.7. The molecule has 0 radical (unpaired) electrons. The summed E-state index contributed by atoms with van der Waals surface area (Å²) in [5, 5.41) is 1.04. The number of nitrogens with zero attached hydrogens (tertiary/aromatic N) is 1. The van der Waals surface area contributed by atoms with E-state index in [9.17, 15) is 14.0 Å². The molecule has 0 aliphatic carbocycles. The molecule has 1 aliphatic rings. The average Bonchev–Trinajstić information content (AvgIpc) is 3.07. The number of amides is 2. The quantitative estimate of drug-likeness (QED) is 0.236. The summed E-state index contributed by atoms with van der Waals surface area (Å²) in [7, 11) is 0. The number of carbonyl (C=O) groups is 2. The lowest BCUT2D eigenvalue weighted by Gasteiger charge is -2.15. The second-order valence-corrected chi connectivity index (χ2v) is 9.33. The Hall–Kier alpha value is -2.71. The van der Waals surface area contributed by atoms with Gasteiger partial charge in [-0.15, -0.1) is 0 Å². The van der Waals surface area contributed by atoms with Crippen molar-refractivity contribution in [2.24, 2.45) is 0 Å². The molecule has 1 saturated heterocycles. The van der Waals surface area contributed by atoms with E-state index in [0.29, 0.717) is 11.5 Å². The highest BCUT2D eigenvalue weighted by Gasteiger charge is 2.33. The van der Waals surface area contributed by atoms with Crippen LogP contribution in [0.25, 0.3) is 6.08 Å². The fraction of sp³-hybridized carbons (Fsp3) is 0.320. The summed E-state index contributed by atoms with van der Waals surface area (Å²) in [4.78, 5) is 25.5. The Bertz CT molecular complexity index is 1010. The zero-order valence-electron chi connectivity index (χ0n) is 18.5. The second-order valence-electron chi connectivity index (χ2n) is 7.65. The molecule has 1 N–H and O–H groups in total. The van der Waals surface area contributed by atoms with Gasteiger partial charge >= 0.3 is 0 Å². The van der Waals surface area contributed by atoms with E-state index in [-0.39, 0.29) is 9.88 Å². The fourth-order valence-corrected chi connectivity index (χ4v) is 4.39. The first-order chi connectivity index (χ1) is 16.0. The van der Waals surface area contributed by atoms with Crippen molar-refractivity contribution in [1.29, 1.82) is 0 Å². The Morgan fingerprint density at radius 1 is 1.06 bits per heavy atom. The van der Waals surface area contributed by atoms with Crippen molar-refractivity contribution in [3.05, 3.63) is 70.4 Å². The molecule has 8 heteroatoms. The number of thioether (sulfide) groups is 1. The summed E-state index contributed by atoms with van der Waals surface area (Å²) in [5.74, 6) is -0.609. The first kappa shape index (κ1) is 24.9. The van der Waals surface area contributed by atoms with Crippen molar-refractivity contribution in [3.8, 4) is 5.75 Å². The van der Waals surface area contributed by atoms with Crippen LogP contribution in [0.2, 0.25) is 0 Å². The molecule has 5 nitrogen and oxygen atoms in total. The molecule has 3 rings (SSSR count). The van der Waals surface area contributed by atoms with E-state index in [2.05, 4.69) is 12.3 Å². The van der Waals surface area contributed by atoms with E-state index in [4.69, 9.17) is 17.0 Å². The maximum atomic E-state index is 13.1. The first-order valence-electron chi connectivity index (χ1n) is 11.1. The molecule has 0 unspecified atom stereocenters. The monoisotopic (exact) mass is 486 g/mol. The number of rotatable bonds is 11. The standard InChI is InChI=1S/C25H27FN2O3S2/c1-2-3-4-5-6-7-16-31-21-14-8-18(9-15-21)17-22-24(30)28(25(32)33-22)27-23(29)19-10-12-20(26)13-11-19/h8-15,17H,2-7,16H2,1H3,(H,27,29). The van der Waals surface area contributed by atoms with Gasteiger partial charge < -0.3 is 4.74 Å². The van der Waals surface area contributed by atoms with Gasteiger partial charge in [-0.05, 0) is 66.7 Å². The van der Waals surface area contributed by atoms with E-state index in [1.807, 2.05) is 24.3 Å². The molecular weight excluding hydrogens is 459 g/mol. The topological polar surface area (TPSA) is 58.6 Å². The van der Waals surface area contributed by atoms with Crippen LogP contribution in [-0.4, -0.2) is 27.8 Å². The van der Waals surface area contributed by atoms with Gasteiger partial charge in [0, 0.05) is 5.56 Å². The van der Waals surface area contributed by atoms with Crippen LogP contribution in [0.4, 0.5) is 4.39 Å². The zero-order valence-corrected chi connectivity index (χ0v) is 20.1. The van der Waals surface area contributed by atoms with Crippen molar-refractivity contribution < 1.29 is 18.7 Å². The minimum Gasteiger partial charge on any atom is -0.494 e. The Labute approximate surface area is 203 Å². The van der Waals surface area contributed by atoms with Gasteiger partial charge in [0.15, 0.2) is 4.32 Å².